The van der Waals surface area contributed by atoms with Crippen molar-refractivity contribution >= 4 is 11.9 Å². The normalized spacial score (nSPS) is 10.9. The summed E-state index contributed by atoms with van der Waals surface area (Å²) < 4.78 is 0. The average molecular weight is 214 g/mol. The fraction of sp³-hybridized carbons (Fsp3) is 0.600. The van der Waals surface area contributed by atoms with Crippen LogP contribution in [-0.2, 0) is 9.59 Å². The molecule has 0 aromatic rings. The zero-order valence-corrected chi connectivity index (χ0v) is 9.12. The molecule has 5 heteroatoms. The predicted molar refractivity (Wildman–Crippen MR) is 57.5 cm³/mol. The Labute approximate surface area is 89.6 Å². The second kappa shape index (κ2) is 7.99. The van der Waals surface area contributed by atoms with Crippen molar-refractivity contribution in [3.8, 4) is 0 Å². The maximum absolute atomic E-state index is 11.1. The Kier molecular flexibility index (Phi) is 7.27. The van der Waals surface area contributed by atoms with Gasteiger partial charge < -0.3 is 15.7 Å². The van der Waals surface area contributed by atoms with Gasteiger partial charge in [0.25, 0.3) is 0 Å². The smallest absolute Gasteiger partial charge is 0.328 e. The van der Waals surface area contributed by atoms with Gasteiger partial charge in [0, 0.05) is 19.2 Å². The molecule has 0 aliphatic heterocycles. The molecule has 0 aromatic carbocycles. The molecular weight excluding hydrogens is 196 g/mol. The van der Waals surface area contributed by atoms with Gasteiger partial charge in [-0.1, -0.05) is 19.9 Å². The quantitative estimate of drug-likeness (QED) is 0.411. The molecule has 86 valence electrons. The zero-order valence-electron chi connectivity index (χ0n) is 9.12. The van der Waals surface area contributed by atoms with E-state index in [1.54, 1.807) is 0 Å². The fourth-order valence-electron chi connectivity index (χ4n) is 0.809. The number of carbonyl (C=O) groups is 2. The van der Waals surface area contributed by atoms with Crippen LogP contribution in [0.5, 0.6) is 0 Å². The molecule has 0 aromatic heterocycles. The fourth-order valence-corrected chi connectivity index (χ4v) is 0.809. The highest BCUT2D eigenvalue weighted by Gasteiger charge is 2.00. The van der Waals surface area contributed by atoms with Crippen molar-refractivity contribution in [2.75, 3.05) is 19.6 Å². The number of nitrogens with one attached hydrogen (secondary N) is 2. The Morgan fingerprint density at radius 1 is 1.40 bits per heavy atom. The molecule has 0 spiro atoms. The molecule has 0 atom stereocenters. The van der Waals surface area contributed by atoms with Gasteiger partial charge in [-0.05, 0) is 5.92 Å². The van der Waals surface area contributed by atoms with E-state index in [-0.39, 0.29) is 12.5 Å². The second-order valence-corrected chi connectivity index (χ2v) is 3.57. The lowest BCUT2D eigenvalue weighted by molar-refractivity contribution is -0.131. The number of amides is 1. The average Bonchev–Trinajstić information content (AvgIpc) is 2.13. The van der Waals surface area contributed by atoms with E-state index in [1.807, 2.05) is 13.8 Å². The molecule has 0 fully saturated rings. The Hall–Kier alpha value is -1.36. The van der Waals surface area contributed by atoms with Crippen LogP contribution in [0.3, 0.4) is 0 Å². The van der Waals surface area contributed by atoms with Crippen LogP contribution in [0.15, 0.2) is 12.2 Å². The van der Waals surface area contributed by atoms with E-state index in [0.717, 1.165) is 6.08 Å². The molecular formula is C10H18N2O3. The highest BCUT2D eigenvalue weighted by Crippen LogP contribution is 1.86. The van der Waals surface area contributed by atoms with Crippen LogP contribution in [0.2, 0.25) is 0 Å². The second-order valence-electron chi connectivity index (χ2n) is 3.57. The van der Waals surface area contributed by atoms with Gasteiger partial charge in [-0.25, -0.2) is 4.79 Å². The Bertz CT molecular complexity index is 237. The monoisotopic (exact) mass is 214 g/mol. The highest BCUT2D eigenvalue weighted by atomic mass is 16.4. The number of carboxylic acids is 1. The number of carboxylic acid groups (broad SMARTS) is 1. The third kappa shape index (κ3) is 10.6. The van der Waals surface area contributed by atoms with E-state index in [1.165, 1.54) is 6.08 Å². The first-order valence-corrected chi connectivity index (χ1v) is 4.89. The molecule has 0 rings (SSSR count). The van der Waals surface area contributed by atoms with Gasteiger partial charge in [0.05, 0.1) is 6.54 Å². The van der Waals surface area contributed by atoms with E-state index < -0.39 is 5.97 Å². The van der Waals surface area contributed by atoms with Crippen LogP contribution >= 0.6 is 0 Å². The lowest BCUT2D eigenvalue weighted by Crippen LogP contribution is -2.35. The van der Waals surface area contributed by atoms with E-state index >= 15 is 0 Å². The number of hydrogen-bond donors (Lipinski definition) is 3. The molecule has 5 nitrogen and oxygen atoms in total. The number of carbonyl (C=O) groups excluding carboxylic acids is 1. The lowest BCUT2D eigenvalue weighted by atomic mass is 10.2. The standard InChI is InChI=1S/C10H18N2O3/c1-8(2)6-12-9(13)7-11-5-3-4-10(14)15/h3-4,8,11H,5-7H2,1-2H3,(H,12,13)(H,14,15)/b4-3+. The molecule has 0 bridgehead atoms. The molecule has 1 amide bonds. The van der Waals surface area contributed by atoms with Crippen LogP contribution in [0.1, 0.15) is 13.8 Å². The zero-order chi connectivity index (χ0) is 11.7. The van der Waals surface area contributed by atoms with Crippen molar-refractivity contribution in [2.45, 2.75) is 13.8 Å². The largest absolute Gasteiger partial charge is 0.478 e. The van der Waals surface area contributed by atoms with Gasteiger partial charge in [-0.2, -0.15) is 0 Å². The summed E-state index contributed by atoms with van der Waals surface area (Å²) in [6.07, 6.45) is 2.50. The van der Waals surface area contributed by atoms with Crippen molar-refractivity contribution in [2.24, 2.45) is 5.92 Å². The van der Waals surface area contributed by atoms with E-state index in [0.29, 0.717) is 19.0 Å². The Balaban J connectivity index is 3.43. The summed E-state index contributed by atoms with van der Waals surface area (Å²) in [7, 11) is 0. The summed E-state index contributed by atoms with van der Waals surface area (Å²) >= 11 is 0. The molecule has 0 radical (unpaired) electrons. The van der Waals surface area contributed by atoms with Crippen molar-refractivity contribution in [3.63, 3.8) is 0 Å². The number of aliphatic carboxylic acids is 1. The summed E-state index contributed by atoms with van der Waals surface area (Å²) in [6, 6.07) is 0. The van der Waals surface area contributed by atoms with Crippen LogP contribution in [-0.4, -0.2) is 36.6 Å². The molecule has 15 heavy (non-hydrogen) atoms. The summed E-state index contributed by atoms with van der Waals surface area (Å²) in [5, 5.41) is 13.8. The third-order valence-electron chi connectivity index (χ3n) is 1.52. The number of hydrogen-bond acceptors (Lipinski definition) is 3. The maximum atomic E-state index is 11.1. The van der Waals surface area contributed by atoms with Crippen molar-refractivity contribution in [1.82, 2.24) is 10.6 Å². The van der Waals surface area contributed by atoms with E-state index in [9.17, 15) is 9.59 Å². The molecule has 0 unspecified atom stereocenters. The molecule has 0 saturated carbocycles. The van der Waals surface area contributed by atoms with Crippen molar-refractivity contribution in [1.29, 1.82) is 0 Å². The highest BCUT2D eigenvalue weighted by molar-refractivity contribution is 5.80. The Morgan fingerprint density at radius 3 is 2.60 bits per heavy atom. The van der Waals surface area contributed by atoms with Crippen LogP contribution < -0.4 is 10.6 Å². The minimum atomic E-state index is -0.985. The van der Waals surface area contributed by atoms with Gasteiger partial charge in [0.15, 0.2) is 0 Å². The van der Waals surface area contributed by atoms with Crippen LogP contribution in [0, 0.1) is 5.92 Å². The molecule has 0 saturated heterocycles. The minimum absolute atomic E-state index is 0.0765. The van der Waals surface area contributed by atoms with Gasteiger partial charge in [0.2, 0.25) is 5.91 Å². The molecule has 0 aliphatic carbocycles. The summed E-state index contributed by atoms with van der Waals surface area (Å²) in [5.74, 6) is -0.630. The first-order chi connectivity index (χ1) is 7.02. The predicted octanol–water partition coefficient (Wildman–Crippen LogP) is -0.0110. The van der Waals surface area contributed by atoms with Gasteiger partial charge in [-0.3, -0.25) is 4.79 Å². The molecule has 0 aliphatic rings. The lowest BCUT2D eigenvalue weighted by Gasteiger charge is -2.07. The molecule has 0 heterocycles. The minimum Gasteiger partial charge on any atom is -0.478 e. The van der Waals surface area contributed by atoms with Crippen LogP contribution in [0.25, 0.3) is 0 Å². The first-order valence-electron chi connectivity index (χ1n) is 4.89. The molecule has 3 N–H and O–H groups in total. The third-order valence-corrected chi connectivity index (χ3v) is 1.52. The van der Waals surface area contributed by atoms with E-state index in [2.05, 4.69) is 10.6 Å². The number of rotatable bonds is 7. The van der Waals surface area contributed by atoms with Gasteiger partial charge in [0.1, 0.15) is 0 Å². The summed E-state index contributed by atoms with van der Waals surface area (Å²) in [6.45, 7) is 5.27. The Morgan fingerprint density at radius 2 is 2.07 bits per heavy atom. The van der Waals surface area contributed by atoms with Gasteiger partial charge in [-0.15, -0.1) is 0 Å². The summed E-state index contributed by atoms with van der Waals surface area (Å²) in [5.41, 5.74) is 0. The van der Waals surface area contributed by atoms with Crippen molar-refractivity contribution < 1.29 is 14.7 Å². The van der Waals surface area contributed by atoms with Gasteiger partial charge >= 0.3 is 5.97 Å². The topological polar surface area (TPSA) is 78.4 Å². The first kappa shape index (κ1) is 13.6. The van der Waals surface area contributed by atoms with Crippen LogP contribution in [0.4, 0.5) is 0 Å². The maximum Gasteiger partial charge on any atom is 0.328 e. The SMILES string of the molecule is CC(C)CNC(=O)CNC/C=C/C(=O)O. The van der Waals surface area contributed by atoms with E-state index in [4.69, 9.17) is 5.11 Å². The summed E-state index contributed by atoms with van der Waals surface area (Å²) in [4.78, 5) is 21.2. The van der Waals surface area contributed by atoms with Crippen molar-refractivity contribution in [3.05, 3.63) is 12.2 Å².